The van der Waals surface area contributed by atoms with E-state index in [0.717, 1.165) is 18.5 Å². The fourth-order valence-electron chi connectivity index (χ4n) is 1.61. The molecular formula is C14H15NO3. The van der Waals surface area contributed by atoms with Crippen LogP contribution >= 0.6 is 0 Å². The first-order valence-corrected chi connectivity index (χ1v) is 6.02. The van der Waals surface area contributed by atoms with Crippen LogP contribution in [0, 0.1) is 0 Å². The minimum absolute atomic E-state index is 0.164. The van der Waals surface area contributed by atoms with Crippen molar-refractivity contribution in [1.29, 1.82) is 0 Å². The Bertz CT molecular complexity index is 583. The van der Waals surface area contributed by atoms with Crippen molar-refractivity contribution >= 4 is 11.4 Å². The number of unbranched alkanes of at least 4 members (excludes halogenated alkanes) is 1. The molecule has 2 rings (SSSR count). The molecule has 94 valence electrons. The lowest BCUT2D eigenvalue weighted by Crippen LogP contribution is -2.35. The van der Waals surface area contributed by atoms with Crippen molar-refractivity contribution in [3.8, 4) is 5.75 Å². The summed E-state index contributed by atoms with van der Waals surface area (Å²) in [4.78, 5) is 22.8. The number of anilines is 2. The van der Waals surface area contributed by atoms with Gasteiger partial charge < -0.3 is 10.1 Å². The first kappa shape index (κ1) is 12.4. The first-order chi connectivity index (χ1) is 8.74. The van der Waals surface area contributed by atoms with Crippen LogP contribution in [-0.4, -0.2) is 6.61 Å². The lowest BCUT2D eigenvalue weighted by Gasteiger charge is -2.13. The van der Waals surface area contributed by atoms with Gasteiger partial charge in [0, 0.05) is 5.69 Å². The highest BCUT2D eigenvalue weighted by Gasteiger charge is 2.22. The summed E-state index contributed by atoms with van der Waals surface area (Å²) in [6.45, 7) is 2.50. The molecule has 0 aliphatic rings. The van der Waals surface area contributed by atoms with Gasteiger partial charge in [0.1, 0.15) is 5.69 Å². The molecule has 0 saturated carbocycles. The predicted molar refractivity (Wildman–Crippen MR) is 71.5 cm³/mol. The molecule has 0 fully saturated rings. The summed E-state index contributed by atoms with van der Waals surface area (Å²) in [7, 11) is 0. The van der Waals surface area contributed by atoms with Crippen molar-refractivity contribution in [3.05, 3.63) is 50.8 Å². The van der Waals surface area contributed by atoms with E-state index in [1.54, 1.807) is 0 Å². The van der Waals surface area contributed by atoms with E-state index in [1.807, 2.05) is 37.3 Å². The molecule has 2 aromatic carbocycles. The third-order valence-electron chi connectivity index (χ3n) is 2.65. The van der Waals surface area contributed by atoms with Crippen LogP contribution < -0.4 is 20.9 Å². The van der Waals surface area contributed by atoms with Gasteiger partial charge in [0.25, 0.3) is 10.9 Å². The maximum atomic E-state index is 11.5. The van der Waals surface area contributed by atoms with E-state index in [-0.39, 0.29) is 11.4 Å². The molecule has 0 unspecified atom stereocenters. The standard InChI is InChI=1S/C14H15NO3/c1-2-3-9-18-14-11(12(16)13(14)17)15-10-7-5-4-6-8-10/h4-8,15H,2-3,9H2,1H3. The molecule has 4 heteroatoms. The maximum absolute atomic E-state index is 11.5. The monoisotopic (exact) mass is 245 g/mol. The highest BCUT2D eigenvalue weighted by Crippen LogP contribution is 2.22. The Hall–Kier alpha value is -2.10. The molecule has 0 spiro atoms. The average Bonchev–Trinajstić information content (AvgIpc) is 2.42. The van der Waals surface area contributed by atoms with Crippen molar-refractivity contribution < 1.29 is 4.74 Å². The largest absolute Gasteiger partial charge is 0.487 e. The van der Waals surface area contributed by atoms with Gasteiger partial charge in [-0.1, -0.05) is 31.5 Å². The minimum Gasteiger partial charge on any atom is -0.487 e. The first-order valence-electron chi connectivity index (χ1n) is 6.02. The molecule has 0 aromatic heterocycles. The van der Waals surface area contributed by atoms with Gasteiger partial charge in [-0.3, -0.25) is 9.59 Å². The summed E-state index contributed by atoms with van der Waals surface area (Å²) < 4.78 is 5.33. The smallest absolute Gasteiger partial charge is 0.272 e. The second-order valence-electron chi connectivity index (χ2n) is 4.06. The summed E-state index contributed by atoms with van der Waals surface area (Å²) in [6, 6.07) is 9.24. The van der Waals surface area contributed by atoms with Gasteiger partial charge in [-0.25, -0.2) is 0 Å². The highest BCUT2D eigenvalue weighted by molar-refractivity contribution is 5.69. The van der Waals surface area contributed by atoms with E-state index < -0.39 is 10.9 Å². The van der Waals surface area contributed by atoms with E-state index in [1.165, 1.54) is 0 Å². The molecule has 0 aliphatic heterocycles. The van der Waals surface area contributed by atoms with Crippen molar-refractivity contribution in [1.82, 2.24) is 0 Å². The molecule has 0 aliphatic carbocycles. The second kappa shape index (κ2) is 5.49. The number of rotatable bonds is 6. The third-order valence-corrected chi connectivity index (χ3v) is 2.65. The molecule has 0 amide bonds. The molecule has 0 bridgehead atoms. The van der Waals surface area contributed by atoms with Crippen LogP contribution in [0.3, 0.4) is 0 Å². The number of para-hydroxylation sites is 1. The molecule has 0 atom stereocenters. The van der Waals surface area contributed by atoms with Gasteiger partial charge in [-0.2, -0.15) is 0 Å². The van der Waals surface area contributed by atoms with Gasteiger partial charge in [-0.05, 0) is 18.6 Å². The zero-order valence-corrected chi connectivity index (χ0v) is 10.2. The molecular weight excluding hydrogens is 230 g/mol. The Labute approximate surface area is 105 Å². The summed E-state index contributed by atoms with van der Waals surface area (Å²) in [6.07, 6.45) is 1.85. The van der Waals surface area contributed by atoms with Gasteiger partial charge in [-0.15, -0.1) is 0 Å². The molecule has 18 heavy (non-hydrogen) atoms. The quantitative estimate of drug-likeness (QED) is 0.626. The van der Waals surface area contributed by atoms with Crippen LogP contribution in [0.25, 0.3) is 0 Å². The van der Waals surface area contributed by atoms with Crippen LogP contribution in [-0.2, 0) is 0 Å². The summed E-state index contributed by atoms with van der Waals surface area (Å²) >= 11 is 0. The maximum Gasteiger partial charge on any atom is 0.272 e. The molecule has 4 nitrogen and oxygen atoms in total. The minimum atomic E-state index is -0.537. The fourth-order valence-corrected chi connectivity index (χ4v) is 1.61. The van der Waals surface area contributed by atoms with Gasteiger partial charge >= 0.3 is 0 Å². The summed E-state index contributed by atoms with van der Waals surface area (Å²) in [5.74, 6) is 0.164. The zero-order chi connectivity index (χ0) is 13.0. The van der Waals surface area contributed by atoms with E-state index in [0.29, 0.717) is 6.61 Å². The van der Waals surface area contributed by atoms with Crippen LogP contribution in [0.2, 0.25) is 0 Å². The highest BCUT2D eigenvalue weighted by atomic mass is 16.5. The molecule has 0 heterocycles. The van der Waals surface area contributed by atoms with Crippen molar-refractivity contribution in [2.75, 3.05) is 11.9 Å². The Balaban J connectivity index is 2.11. The van der Waals surface area contributed by atoms with E-state index in [2.05, 4.69) is 5.32 Å². The Kier molecular flexibility index (Phi) is 3.77. The lowest BCUT2D eigenvalue weighted by atomic mass is 10.2. The second-order valence-corrected chi connectivity index (χ2v) is 4.06. The van der Waals surface area contributed by atoms with Crippen molar-refractivity contribution in [2.45, 2.75) is 19.8 Å². The number of benzene rings is 1. The third kappa shape index (κ3) is 2.42. The average molecular weight is 245 g/mol. The van der Waals surface area contributed by atoms with Gasteiger partial charge in [0.05, 0.1) is 6.61 Å². The Morgan fingerprint density at radius 1 is 1.11 bits per heavy atom. The molecule has 1 N–H and O–H groups in total. The van der Waals surface area contributed by atoms with Gasteiger partial charge in [0.15, 0.2) is 5.75 Å². The van der Waals surface area contributed by atoms with E-state index in [9.17, 15) is 9.59 Å². The van der Waals surface area contributed by atoms with Crippen LogP contribution in [0.1, 0.15) is 19.8 Å². The van der Waals surface area contributed by atoms with Crippen molar-refractivity contribution in [2.24, 2.45) is 0 Å². The lowest BCUT2D eigenvalue weighted by molar-refractivity contribution is 0.305. The van der Waals surface area contributed by atoms with Crippen molar-refractivity contribution in [3.63, 3.8) is 0 Å². The number of hydrogen-bond acceptors (Lipinski definition) is 4. The molecule has 0 radical (unpaired) electrons. The van der Waals surface area contributed by atoms with E-state index >= 15 is 0 Å². The number of nitrogens with one attached hydrogen (secondary N) is 1. The number of ether oxygens (including phenoxy) is 1. The van der Waals surface area contributed by atoms with E-state index in [4.69, 9.17) is 4.74 Å². The fraction of sp³-hybridized carbons (Fsp3) is 0.286. The summed E-state index contributed by atoms with van der Waals surface area (Å²) in [5.41, 5.74) is -0.0119. The number of hydrogen-bond donors (Lipinski definition) is 1. The Morgan fingerprint density at radius 2 is 1.83 bits per heavy atom. The SMILES string of the molecule is CCCCOc1c(Nc2ccccc2)c(=O)c1=O. The van der Waals surface area contributed by atoms with Crippen LogP contribution in [0.5, 0.6) is 5.75 Å². The van der Waals surface area contributed by atoms with Gasteiger partial charge in [0.2, 0.25) is 0 Å². The normalized spacial score (nSPS) is 10.5. The Morgan fingerprint density at radius 3 is 2.50 bits per heavy atom. The predicted octanol–water partition coefficient (Wildman–Crippen LogP) is 2.21. The summed E-state index contributed by atoms with van der Waals surface area (Å²) in [5, 5.41) is 2.92. The zero-order valence-electron chi connectivity index (χ0n) is 10.2. The topological polar surface area (TPSA) is 55.4 Å². The van der Waals surface area contributed by atoms with Crippen LogP contribution in [0.15, 0.2) is 39.9 Å². The van der Waals surface area contributed by atoms with Crippen LogP contribution in [0.4, 0.5) is 11.4 Å². The molecule has 0 saturated heterocycles. The molecule has 2 aromatic rings.